The van der Waals surface area contributed by atoms with Gasteiger partial charge >= 0.3 is 0 Å². The van der Waals surface area contributed by atoms with Crippen molar-refractivity contribution < 1.29 is 13.9 Å². The Morgan fingerprint density at radius 1 is 1.00 bits per heavy atom. The normalized spacial score (nSPS) is 11.1. The molecule has 0 aliphatic rings. The lowest BCUT2D eigenvalue weighted by Crippen LogP contribution is -2.02. The molecule has 0 saturated heterocycles. The van der Waals surface area contributed by atoms with Gasteiger partial charge in [-0.15, -0.1) is 0 Å². The van der Waals surface area contributed by atoms with Crippen molar-refractivity contribution in [2.24, 2.45) is 4.99 Å². The molecule has 0 N–H and O–H groups in total. The molecule has 0 aromatic heterocycles. The molecule has 3 aromatic carbocycles. The van der Waals surface area contributed by atoms with Crippen LogP contribution < -0.4 is 9.47 Å². The Morgan fingerprint density at radius 3 is 2.48 bits per heavy atom. The van der Waals surface area contributed by atoms with Crippen LogP contribution in [0.4, 0.5) is 10.1 Å². The van der Waals surface area contributed by atoms with Gasteiger partial charge in [0.05, 0.1) is 15.9 Å². The summed E-state index contributed by atoms with van der Waals surface area (Å²) < 4.78 is 25.8. The Bertz CT molecular complexity index is 1020. The van der Waals surface area contributed by atoms with Gasteiger partial charge in [0.2, 0.25) is 0 Å². The maximum Gasteiger partial charge on any atom is 0.175 e. The van der Waals surface area contributed by atoms with Crippen LogP contribution in [0, 0.1) is 23.2 Å². The minimum Gasteiger partial charge on any atom is -0.490 e. The van der Waals surface area contributed by atoms with Crippen molar-refractivity contribution in [3.05, 3.63) is 86.2 Å². The van der Waals surface area contributed by atoms with Gasteiger partial charge in [-0.05, 0) is 95.9 Å². The molecule has 0 amide bonds. The van der Waals surface area contributed by atoms with Crippen molar-refractivity contribution in [1.29, 1.82) is 0 Å². The maximum atomic E-state index is 13.1. The Labute approximate surface area is 184 Å². The summed E-state index contributed by atoms with van der Waals surface area (Å²) in [6.07, 6.45) is 1.84. The van der Waals surface area contributed by atoms with Gasteiger partial charge in [0.25, 0.3) is 0 Å². The van der Waals surface area contributed by atoms with E-state index in [1.807, 2.05) is 32.2 Å². The van der Waals surface area contributed by atoms with Gasteiger partial charge in [-0.25, -0.2) is 4.39 Å². The maximum absolute atomic E-state index is 13.1. The predicted octanol–water partition coefficient (Wildman–Crippen LogP) is 6.78. The van der Waals surface area contributed by atoms with Crippen LogP contribution in [0.2, 0.25) is 0 Å². The number of hydrogen-bond donors (Lipinski definition) is 0. The molecular formula is C24H23FINO2. The SMILES string of the molecule is CCOc1cc(C=Nc2cc(C)ccc2C)cc(I)c1OCc1ccc(F)cc1. The molecule has 0 bridgehead atoms. The van der Waals surface area contributed by atoms with E-state index in [1.54, 1.807) is 12.1 Å². The van der Waals surface area contributed by atoms with Crippen molar-refractivity contribution >= 4 is 34.5 Å². The summed E-state index contributed by atoms with van der Waals surface area (Å²) >= 11 is 2.24. The summed E-state index contributed by atoms with van der Waals surface area (Å²) in [5.74, 6) is 1.09. The highest BCUT2D eigenvalue weighted by Gasteiger charge is 2.12. The molecule has 0 heterocycles. The lowest BCUT2D eigenvalue weighted by atomic mass is 10.1. The summed E-state index contributed by atoms with van der Waals surface area (Å²) in [6, 6.07) is 16.5. The summed E-state index contributed by atoms with van der Waals surface area (Å²) in [5, 5.41) is 0. The molecule has 5 heteroatoms. The molecule has 150 valence electrons. The summed E-state index contributed by atoms with van der Waals surface area (Å²) in [5.41, 5.74) is 5.09. The Hall–Kier alpha value is -2.41. The third-order valence-electron chi connectivity index (χ3n) is 4.35. The second kappa shape index (κ2) is 9.87. The van der Waals surface area contributed by atoms with Crippen LogP contribution in [0.5, 0.6) is 11.5 Å². The number of aliphatic imine (C=N–C) groups is 1. The average Bonchev–Trinajstić information content (AvgIpc) is 2.69. The Morgan fingerprint density at radius 2 is 1.76 bits per heavy atom. The minimum atomic E-state index is -0.258. The highest BCUT2D eigenvalue weighted by molar-refractivity contribution is 14.1. The molecular weight excluding hydrogens is 480 g/mol. The molecule has 0 radical (unpaired) electrons. The van der Waals surface area contributed by atoms with E-state index in [9.17, 15) is 4.39 Å². The number of nitrogens with zero attached hydrogens (tertiary/aromatic N) is 1. The summed E-state index contributed by atoms with van der Waals surface area (Å²) in [6.45, 7) is 6.91. The first kappa shape index (κ1) is 21.3. The molecule has 0 atom stereocenters. The van der Waals surface area contributed by atoms with E-state index in [0.717, 1.165) is 25.9 Å². The number of rotatable bonds is 7. The number of aryl methyl sites for hydroxylation is 2. The first-order valence-electron chi connectivity index (χ1n) is 9.41. The molecule has 0 fully saturated rings. The number of benzene rings is 3. The fraction of sp³-hybridized carbons (Fsp3) is 0.208. The van der Waals surface area contributed by atoms with E-state index in [0.29, 0.717) is 24.7 Å². The third-order valence-corrected chi connectivity index (χ3v) is 5.15. The second-order valence-electron chi connectivity index (χ2n) is 6.73. The van der Waals surface area contributed by atoms with Gasteiger partial charge in [-0.3, -0.25) is 4.99 Å². The van der Waals surface area contributed by atoms with Crippen LogP contribution >= 0.6 is 22.6 Å². The zero-order valence-corrected chi connectivity index (χ0v) is 18.9. The van der Waals surface area contributed by atoms with Gasteiger partial charge in [0.15, 0.2) is 11.5 Å². The lowest BCUT2D eigenvalue weighted by molar-refractivity contribution is 0.267. The highest BCUT2D eigenvalue weighted by atomic mass is 127. The van der Waals surface area contributed by atoms with Crippen LogP contribution in [0.25, 0.3) is 0 Å². The largest absolute Gasteiger partial charge is 0.490 e. The molecule has 3 rings (SSSR count). The summed E-state index contributed by atoms with van der Waals surface area (Å²) in [7, 11) is 0. The minimum absolute atomic E-state index is 0.258. The first-order valence-corrected chi connectivity index (χ1v) is 10.5. The quantitative estimate of drug-likeness (QED) is 0.263. The number of halogens is 2. The van der Waals surface area contributed by atoms with Crippen LogP contribution in [0.1, 0.15) is 29.2 Å². The van der Waals surface area contributed by atoms with E-state index < -0.39 is 0 Å². The van der Waals surface area contributed by atoms with E-state index in [-0.39, 0.29) is 5.82 Å². The molecule has 3 nitrogen and oxygen atoms in total. The highest BCUT2D eigenvalue weighted by Crippen LogP contribution is 2.35. The lowest BCUT2D eigenvalue weighted by Gasteiger charge is -2.15. The molecule has 3 aromatic rings. The Balaban J connectivity index is 1.84. The van der Waals surface area contributed by atoms with Crippen molar-refractivity contribution in [3.63, 3.8) is 0 Å². The number of hydrogen-bond acceptors (Lipinski definition) is 3. The molecule has 0 saturated carbocycles. The van der Waals surface area contributed by atoms with Crippen molar-refractivity contribution in [3.8, 4) is 11.5 Å². The second-order valence-corrected chi connectivity index (χ2v) is 7.89. The standard InChI is InChI=1S/C24H23FINO2/c1-4-28-23-13-19(14-27-22-11-16(2)5-6-17(22)3)12-21(26)24(23)29-15-18-7-9-20(25)10-8-18/h5-14H,4,15H2,1-3H3. The van der Waals surface area contributed by atoms with E-state index in [4.69, 9.17) is 9.47 Å². The van der Waals surface area contributed by atoms with Gasteiger partial charge in [0, 0.05) is 6.21 Å². The molecule has 0 unspecified atom stereocenters. The van der Waals surface area contributed by atoms with Gasteiger partial charge in [-0.2, -0.15) is 0 Å². The van der Waals surface area contributed by atoms with Gasteiger partial charge < -0.3 is 9.47 Å². The fourth-order valence-electron chi connectivity index (χ4n) is 2.80. The fourth-order valence-corrected chi connectivity index (χ4v) is 3.59. The Kier molecular flexibility index (Phi) is 7.25. The van der Waals surface area contributed by atoms with Crippen molar-refractivity contribution in [2.75, 3.05) is 6.61 Å². The van der Waals surface area contributed by atoms with Gasteiger partial charge in [-0.1, -0.05) is 24.3 Å². The zero-order chi connectivity index (χ0) is 20.8. The van der Waals surface area contributed by atoms with Crippen LogP contribution in [0.3, 0.4) is 0 Å². The summed E-state index contributed by atoms with van der Waals surface area (Å²) in [4.78, 5) is 4.65. The van der Waals surface area contributed by atoms with Crippen molar-refractivity contribution in [1.82, 2.24) is 0 Å². The van der Waals surface area contributed by atoms with Gasteiger partial charge in [0.1, 0.15) is 12.4 Å². The molecule has 0 aliphatic heterocycles. The van der Waals surface area contributed by atoms with Crippen LogP contribution in [-0.4, -0.2) is 12.8 Å². The molecule has 29 heavy (non-hydrogen) atoms. The van der Waals surface area contributed by atoms with E-state index in [1.165, 1.54) is 17.7 Å². The van der Waals surface area contributed by atoms with Crippen molar-refractivity contribution in [2.45, 2.75) is 27.4 Å². The predicted molar refractivity (Wildman–Crippen MR) is 124 cm³/mol. The average molecular weight is 503 g/mol. The third kappa shape index (κ3) is 5.79. The van der Waals surface area contributed by atoms with Crippen LogP contribution in [-0.2, 0) is 6.61 Å². The topological polar surface area (TPSA) is 30.8 Å². The first-order chi connectivity index (χ1) is 14.0. The smallest absolute Gasteiger partial charge is 0.175 e. The van der Waals surface area contributed by atoms with E-state index in [2.05, 4.69) is 52.7 Å². The number of ether oxygens (including phenoxy) is 2. The molecule has 0 aliphatic carbocycles. The molecule has 0 spiro atoms. The van der Waals surface area contributed by atoms with E-state index >= 15 is 0 Å². The zero-order valence-electron chi connectivity index (χ0n) is 16.7. The monoisotopic (exact) mass is 503 g/mol. The van der Waals surface area contributed by atoms with Crippen LogP contribution in [0.15, 0.2) is 59.6 Å².